The summed E-state index contributed by atoms with van der Waals surface area (Å²) in [4.78, 5) is 23.0. The quantitative estimate of drug-likeness (QED) is 0.564. The number of aromatic nitrogens is 2. The second-order valence-electron chi connectivity index (χ2n) is 5.15. The van der Waals surface area contributed by atoms with Crippen molar-refractivity contribution in [3.63, 3.8) is 0 Å². The standard InChI is InChI=1S/C16H19N5O/c1-10-6-5-7-14(8-10)20-16(19-13(4)22)21-15-17-11(2)9-12(3)18-15/h5-9H,1-4H3,(H2,17,18,19,20,21,22)/p+1. The summed E-state index contributed by atoms with van der Waals surface area (Å²) in [6.07, 6.45) is 0. The number of carbonyl (C=O) groups excluding carboxylic acids is 1. The second kappa shape index (κ2) is 6.80. The van der Waals surface area contributed by atoms with Gasteiger partial charge in [-0.2, -0.15) is 0 Å². The van der Waals surface area contributed by atoms with Crippen molar-refractivity contribution in [2.75, 3.05) is 5.32 Å². The van der Waals surface area contributed by atoms with Crippen LogP contribution < -0.4 is 15.6 Å². The smallest absolute Gasteiger partial charge is 0.277 e. The minimum Gasteiger partial charge on any atom is -0.277 e. The van der Waals surface area contributed by atoms with Gasteiger partial charge >= 0.3 is 5.95 Å². The van der Waals surface area contributed by atoms with E-state index in [-0.39, 0.29) is 5.91 Å². The molecule has 0 aliphatic heterocycles. The number of hydrogen-bond acceptors (Lipinski definition) is 3. The van der Waals surface area contributed by atoms with Crippen molar-refractivity contribution in [2.24, 2.45) is 0 Å². The van der Waals surface area contributed by atoms with E-state index in [1.165, 1.54) is 6.92 Å². The number of anilines is 1. The third-order valence-electron chi connectivity index (χ3n) is 2.81. The van der Waals surface area contributed by atoms with E-state index >= 15 is 0 Å². The molecule has 0 fully saturated rings. The number of nitrogens with one attached hydrogen (secondary N) is 3. The van der Waals surface area contributed by atoms with Crippen molar-refractivity contribution in [1.82, 2.24) is 15.3 Å². The number of guanidine groups is 1. The highest BCUT2D eigenvalue weighted by Gasteiger charge is 2.10. The molecule has 0 aliphatic carbocycles. The van der Waals surface area contributed by atoms with Crippen molar-refractivity contribution in [1.29, 1.82) is 0 Å². The van der Waals surface area contributed by atoms with Gasteiger partial charge in [-0.1, -0.05) is 12.1 Å². The highest BCUT2D eigenvalue weighted by molar-refractivity contribution is 6.00. The Morgan fingerprint density at radius 1 is 1.09 bits per heavy atom. The monoisotopic (exact) mass is 298 g/mol. The van der Waals surface area contributed by atoms with Gasteiger partial charge in [0.2, 0.25) is 0 Å². The summed E-state index contributed by atoms with van der Waals surface area (Å²) in [7, 11) is 0. The number of hydrogen-bond donors (Lipinski definition) is 3. The van der Waals surface area contributed by atoms with Gasteiger partial charge in [-0.3, -0.25) is 10.1 Å². The van der Waals surface area contributed by atoms with Gasteiger partial charge in [0.05, 0.1) is 17.1 Å². The molecule has 6 heteroatoms. The molecular weight excluding hydrogens is 278 g/mol. The van der Waals surface area contributed by atoms with E-state index in [4.69, 9.17) is 0 Å². The molecular formula is C16H20N5O+. The molecule has 0 spiro atoms. The molecule has 0 saturated heterocycles. The summed E-state index contributed by atoms with van der Waals surface area (Å²) in [5.41, 5.74) is 3.69. The highest BCUT2D eigenvalue weighted by Crippen LogP contribution is 2.08. The average Bonchev–Trinajstić information content (AvgIpc) is 2.36. The number of nitrogens with zero attached hydrogens (tertiary/aromatic N) is 2. The summed E-state index contributed by atoms with van der Waals surface area (Å²) in [6.45, 7) is 7.24. The lowest BCUT2D eigenvalue weighted by Gasteiger charge is -2.06. The summed E-state index contributed by atoms with van der Waals surface area (Å²) in [5.74, 6) is 0.663. The molecule has 0 bridgehead atoms. The molecule has 0 atom stereocenters. The molecule has 114 valence electrons. The predicted molar refractivity (Wildman–Crippen MR) is 85.8 cm³/mol. The maximum atomic E-state index is 11.4. The molecule has 22 heavy (non-hydrogen) atoms. The van der Waals surface area contributed by atoms with Crippen molar-refractivity contribution >= 4 is 23.5 Å². The van der Waals surface area contributed by atoms with Crippen LogP contribution >= 0.6 is 0 Å². The third kappa shape index (κ3) is 4.66. The third-order valence-corrected chi connectivity index (χ3v) is 2.81. The van der Waals surface area contributed by atoms with Crippen LogP contribution in [0.4, 0.5) is 11.6 Å². The minimum absolute atomic E-state index is 0.188. The van der Waals surface area contributed by atoms with Gasteiger partial charge in [-0.15, -0.1) is 9.97 Å². The number of rotatable bonds is 2. The zero-order valence-corrected chi connectivity index (χ0v) is 13.2. The lowest BCUT2D eigenvalue weighted by atomic mass is 10.2. The average molecular weight is 298 g/mol. The van der Waals surface area contributed by atoms with Crippen LogP contribution in [0.1, 0.15) is 23.9 Å². The van der Waals surface area contributed by atoms with Crippen molar-refractivity contribution in [3.8, 4) is 0 Å². The van der Waals surface area contributed by atoms with Gasteiger partial charge in [-0.25, -0.2) is 10.3 Å². The Kier molecular flexibility index (Phi) is 4.83. The van der Waals surface area contributed by atoms with Gasteiger partial charge in [-0.05, 0) is 38.5 Å². The molecule has 1 amide bonds. The minimum atomic E-state index is -0.188. The van der Waals surface area contributed by atoms with Gasteiger partial charge in [0.15, 0.2) is 0 Å². The number of amides is 1. The van der Waals surface area contributed by atoms with Crippen LogP contribution in [0.25, 0.3) is 0 Å². The first-order chi connectivity index (χ1) is 10.4. The molecule has 0 saturated carbocycles. The number of aryl methyl sites for hydroxylation is 3. The van der Waals surface area contributed by atoms with E-state index in [1.54, 1.807) is 0 Å². The fraction of sp³-hybridized carbons (Fsp3) is 0.250. The van der Waals surface area contributed by atoms with Crippen LogP contribution in [0.15, 0.2) is 30.3 Å². The van der Waals surface area contributed by atoms with Crippen LogP contribution in [0, 0.1) is 20.8 Å². The van der Waals surface area contributed by atoms with Crippen LogP contribution in [0.2, 0.25) is 0 Å². The highest BCUT2D eigenvalue weighted by atomic mass is 16.1. The van der Waals surface area contributed by atoms with Crippen LogP contribution in [0.5, 0.6) is 0 Å². The lowest BCUT2D eigenvalue weighted by Crippen LogP contribution is -2.74. The Balaban J connectivity index is 2.32. The van der Waals surface area contributed by atoms with E-state index in [0.717, 1.165) is 22.6 Å². The van der Waals surface area contributed by atoms with E-state index in [1.807, 2.05) is 51.1 Å². The fourth-order valence-corrected chi connectivity index (χ4v) is 2.03. The van der Waals surface area contributed by atoms with Gasteiger partial charge in [0, 0.05) is 13.0 Å². The number of benzene rings is 1. The zero-order valence-electron chi connectivity index (χ0n) is 13.2. The predicted octanol–water partition coefficient (Wildman–Crippen LogP) is 0.718. The topological polar surface area (TPSA) is 80.9 Å². The maximum Gasteiger partial charge on any atom is 0.354 e. The Morgan fingerprint density at radius 3 is 2.36 bits per heavy atom. The normalized spacial score (nSPS) is 11.2. The molecule has 1 aromatic carbocycles. The molecule has 0 radical (unpaired) electrons. The SMILES string of the molecule is CC(=O)N/C(Nc1cccc(C)c1)=[NH+]\c1nc(C)cc(C)n1. The van der Waals surface area contributed by atoms with E-state index in [0.29, 0.717) is 11.9 Å². The Labute approximate surface area is 129 Å². The summed E-state index contributed by atoms with van der Waals surface area (Å²) < 4.78 is 0. The summed E-state index contributed by atoms with van der Waals surface area (Å²) in [6, 6.07) is 9.72. The largest absolute Gasteiger partial charge is 0.354 e. The Hall–Kier alpha value is -2.76. The van der Waals surface area contributed by atoms with Gasteiger partial charge in [0.1, 0.15) is 0 Å². The van der Waals surface area contributed by atoms with Crippen LogP contribution in [-0.2, 0) is 4.79 Å². The maximum absolute atomic E-state index is 11.4. The first-order valence-corrected chi connectivity index (χ1v) is 7.00. The first-order valence-electron chi connectivity index (χ1n) is 7.00. The summed E-state index contributed by atoms with van der Waals surface area (Å²) >= 11 is 0. The first kappa shape index (κ1) is 15.6. The van der Waals surface area contributed by atoms with E-state index in [2.05, 4.69) is 25.6 Å². The molecule has 0 unspecified atom stereocenters. The molecule has 3 N–H and O–H groups in total. The van der Waals surface area contributed by atoms with E-state index in [9.17, 15) is 4.79 Å². The second-order valence-corrected chi connectivity index (χ2v) is 5.15. The molecule has 6 nitrogen and oxygen atoms in total. The molecule has 2 aromatic rings. The van der Waals surface area contributed by atoms with E-state index < -0.39 is 0 Å². The van der Waals surface area contributed by atoms with Crippen LogP contribution in [-0.4, -0.2) is 21.8 Å². The molecule has 0 aliphatic rings. The zero-order chi connectivity index (χ0) is 16.1. The summed E-state index contributed by atoms with van der Waals surface area (Å²) in [5, 5.41) is 5.84. The Morgan fingerprint density at radius 2 is 1.77 bits per heavy atom. The van der Waals surface area contributed by atoms with Crippen molar-refractivity contribution in [3.05, 3.63) is 47.3 Å². The van der Waals surface area contributed by atoms with Gasteiger partial charge < -0.3 is 0 Å². The molecule has 1 heterocycles. The van der Waals surface area contributed by atoms with Gasteiger partial charge in [0.25, 0.3) is 11.9 Å². The number of carbonyl (C=O) groups is 1. The van der Waals surface area contributed by atoms with Crippen molar-refractivity contribution < 1.29 is 9.79 Å². The van der Waals surface area contributed by atoms with Crippen LogP contribution in [0.3, 0.4) is 0 Å². The lowest BCUT2D eigenvalue weighted by molar-refractivity contribution is -0.366. The fourth-order valence-electron chi connectivity index (χ4n) is 2.03. The Bertz CT molecular complexity index is 704. The van der Waals surface area contributed by atoms with Crippen molar-refractivity contribution in [2.45, 2.75) is 27.7 Å². The molecule has 2 rings (SSSR count). The molecule has 1 aromatic heterocycles.